The van der Waals surface area contributed by atoms with Crippen molar-refractivity contribution in [3.8, 4) is 34.5 Å². The number of aryl methyl sites for hydroxylation is 1. The molecule has 0 radical (unpaired) electrons. The van der Waals surface area contributed by atoms with Crippen LogP contribution in [0.25, 0.3) is 21.2 Å². The molecule has 226 valence electrons. The lowest BCUT2D eigenvalue weighted by molar-refractivity contribution is -0.143. The van der Waals surface area contributed by atoms with E-state index in [1.165, 1.54) is 15.6 Å². The molecule has 0 unspecified atom stereocenters. The van der Waals surface area contributed by atoms with Crippen LogP contribution >= 0.6 is 21.9 Å². The molecule has 6 nitrogen and oxygen atoms in total. The zero-order valence-corrected chi connectivity index (χ0v) is 26.6. The maximum absolute atomic E-state index is 12.0. The van der Waals surface area contributed by atoms with Crippen LogP contribution in [0.2, 0.25) is 0 Å². The number of fused-ring (bicyclic) bond motifs is 1. The molecule has 0 saturated carbocycles. The maximum atomic E-state index is 12.0. The summed E-state index contributed by atoms with van der Waals surface area (Å²) in [6.45, 7) is 8.96. The molecule has 1 aliphatic heterocycles. The predicted molar refractivity (Wildman–Crippen MR) is 176 cm³/mol. The van der Waals surface area contributed by atoms with Crippen molar-refractivity contribution in [3.63, 3.8) is 0 Å². The summed E-state index contributed by atoms with van der Waals surface area (Å²) in [5.41, 5.74) is 5.30. The van der Waals surface area contributed by atoms with Crippen LogP contribution in [0.15, 0.2) is 66.0 Å². The van der Waals surface area contributed by atoms with Crippen molar-refractivity contribution in [1.29, 1.82) is 0 Å². The van der Waals surface area contributed by atoms with Crippen molar-refractivity contribution in [1.82, 2.24) is 0 Å². The summed E-state index contributed by atoms with van der Waals surface area (Å²) >= 11 is 1.72. The maximum Gasteiger partial charge on any atom is 0.307 e. The number of esters is 1. The molecule has 43 heavy (non-hydrogen) atoms. The number of rotatable bonds is 11. The Kier molecular flexibility index (Phi) is 9.38. The van der Waals surface area contributed by atoms with Crippen molar-refractivity contribution >= 4 is 38.0 Å². The van der Waals surface area contributed by atoms with Gasteiger partial charge in [-0.25, -0.2) is 0 Å². The lowest BCUT2D eigenvalue weighted by atomic mass is 9.96. The van der Waals surface area contributed by atoms with Gasteiger partial charge in [0.15, 0.2) is 0 Å². The van der Waals surface area contributed by atoms with E-state index in [1.54, 1.807) is 25.2 Å². The SMILES string of the molecule is CC#C[C@@H](CC(=O)OCC)c1ccc(OCc2ccc3scc(-c4ccc(OCC5(C)CS(O)(O)C5)cc4C)c3c2)cc1. The van der Waals surface area contributed by atoms with Gasteiger partial charge < -0.3 is 14.2 Å². The average Bonchev–Trinajstić information content (AvgIpc) is 3.37. The Morgan fingerprint density at radius 2 is 1.77 bits per heavy atom. The van der Waals surface area contributed by atoms with E-state index in [1.807, 2.05) is 37.3 Å². The monoisotopic (exact) mass is 618 g/mol. The minimum absolute atomic E-state index is 0.189. The van der Waals surface area contributed by atoms with E-state index < -0.39 is 10.6 Å². The van der Waals surface area contributed by atoms with Gasteiger partial charge in [-0.15, -0.1) is 17.3 Å². The highest BCUT2D eigenvalue weighted by Crippen LogP contribution is 2.58. The first-order valence-corrected chi connectivity index (χ1v) is 17.1. The largest absolute Gasteiger partial charge is 0.493 e. The van der Waals surface area contributed by atoms with Crippen LogP contribution in [0.3, 0.4) is 0 Å². The lowest BCUT2D eigenvalue weighted by Gasteiger charge is -2.53. The molecule has 2 N–H and O–H groups in total. The topological polar surface area (TPSA) is 85.2 Å². The molecule has 1 aliphatic rings. The van der Waals surface area contributed by atoms with Crippen molar-refractivity contribution < 1.29 is 28.1 Å². The van der Waals surface area contributed by atoms with Crippen molar-refractivity contribution in [2.75, 3.05) is 24.7 Å². The summed E-state index contributed by atoms with van der Waals surface area (Å²) in [6.07, 6.45) is 0.225. The Bertz CT molecular complexity index is 1650. The first-order valence-electron chi connectivity index (χ1n) is 14.4. The third-order valence-corrected chi connectivity index (χ3v) is 10.8. The Morgan fingerprint density at radius 1 is 1.02 bits per heavy atom. The number of thiophene rings is 1. The van der Waals surface area contributed by atoms with Gasteiger partial charge in [0.25, 0.3) is 0 Å². The molecule has 1 atom stereocenters. The quantitative estimate of drug-likeness (QED) is 0.129. The molecule has 0 spiro atoms. The normalized spacial score (nSPS) is 16.3. The van der Waals surface area contributed by atoms with E-state index >= 15 is 0 Å². The van der Waals surface area contributed by atoms with Gasteiger partial charge >= 0.3 is 5.97 Å². The van der Waals surface area contributed by atoms with E-state index in [2.05, 4.69) is 54.5 Å². The third kappa shape index (κ3) is 7.54. The summed E-state index contributed by atoms with van der Waals surface area (Å²) < 4.78 is 38.0. The van der Waals surface area contributed by atoms with E-state index in [4.69, 9.17) is 14.2 Å². The van der Waals surface area contributed by atoms with Crippen molar-refractivity contribution in [2.45, 2.75) is 46.6 Å². The molecule has 1 aromatic heterocycles. The van der Waals surface area contributed by atoms with Gasteiger partial charge in [0, 0.05) is 32.6 Å². The Balaban J connectivity index is 1.25. The molecule has 3 aromatic carbocycles. The molecule has 1 fully saturated rings. The number of hydrogen-bond acceptors (Lipinski definition) is 7. The van der Waals surface area contributed by atoms with Gasteiger partial charge in [0.1, 0.15) is 18.1 Å². The molecule has 0 aliphatic carbocycles. The summed E-state index contributed by atoms with van der Waals surface area (Å²) in [6, 6.07) is 20.3. The van der Waals surface area contributed by atoms with Gasteiger partial charge in [-0.3, -0.25) is 13.9 Å². The molecular weight excluding hydrogens is 581 g/mol. The van der Waals surface area contributed by atoms with Gasteiger partial charge in [-0.05, 0) is 84.8 Å². The molecule has 4 aromatic rings. The van der Waals surface area contributed by atoms with Crippen LogP contribution in [0, 0.1) is 24.2 Å². The van der Waals surface area contributed by atoms with Gasteiger partial charge in [-0.2, -0.15) is 10.6 Å². The van der Waals surface area contributed by atoms with Crippen LogP contribution in [-0.2, 0) is 16.1 Å². The molecule has 2 heterocycles. The molecule has 0 amide bonds. The van der Waals surface area contributed by atoms with Gasteiger partial charge in [0.05, 0.1) is 25.6 Å². The lowest BCUT2D eigenvalue weighted by Crippen LogP contribution is -2.47. The van der Waals surface area contributed by atoms with Crippen LogP contribution in [0.1, 0.15) is 49.8 Å². The summed E-state index contributed by atoms with van der Waals surface area (Å²) in [5, 5.41) is 3.38. The van der Waals surface area contributed by atoms with Crippen LogP contribution in [0.4, 0.5) is 0 Å². The van der Waals surface area contributed by atoms with Gasteiger partial charge in [-0.1, -0.05) is 37.1 Å². The highest BCUT2D eigenvalue weighted by atomic mass is 32.3. The Hall–Kier alpha value is -3.48. The van der Waals surface area contributed by atoms with E-state index in [-0.39, 0.29) is 23.7 Å². The second kappa shape index (κ2) is 13.0. The predicted octanol–water partition coefficient (Wildman–Crippen LogP) is 8.67. The zero-order valence-electron chi connectivity index (χ0n) is 25.0. The number of hydrogen-bond donors (Lipinski definition) is 2. The summed E-state index contributed by atoms with van der Waals surface area (Å²) in [4.78, 5) is 12.0. The molecule has 0 bridgehead atoms. The molecule has 5 rings (SSSR count). The number of benzene rings is 3. The fraction of sp³-hybridized carbons (Fsp3) is 0.343. The van der Waals surface area contributed by atoms with E-state index in [0.29, 0.717) is 31.3 Å². The highest BCUT2D eigenvalue weighted by Gasteiger charge is 2.45. The average molecular weight is 619 g/mol. The third-order valence-electron chi connectivity index (χ3n) is 7.56. The van der Waals surface area contributed by atoms with Gasteiger partial charge in [0.2, 0.25) is 0 Å². The summed E-state index contributed by atoms with van der Waals surface area (Å²) in [7, 11) is -2.40. The first-order chi connectivity index (χ1) is 20.6. The second-order valence-electron chi connectivity index (χ2n) is 11.5. The standard InChI is InChI=1S/C35H38O6S2/c1-5-7-27(18-34(36)39-6-2)26-9-11-28(12-10-26)40-19-25-8-15-33-31(17-25)32(20-42-33)30-14-13-29(16-24(30)3)41-21-35(4)22-43(37,38)23-35/h8-17,20,27,37-38H,6,18-19,21-23H2,1-4H3/t27-/m0/s1. The first kappa shape index (κ1) is 31.0. The molecule has 1 saturated heterocycles. The Labute approximate surface area is 259 Å². The minimum atomic E-state index is -2.40. The molecule has 8 heteroatoms. The Morgan fingerprint density at radius 3 is 2.44 bits per heavy atom. The number of carbonyl (C=O) groups is 1. The van der Waals surface area contributed by atoms with E-state index in [9.17, 15) is 13.9 Å². The summed E-state index contributed by atoms with van der Waals surface area (Å²) in [5.74, 6) is 7.92. The fourth-order valence-corrected chi connectivity index (χ4v) is 8.85. The van der Waals surface area contributed by atoms with Crippen molar-refractivity contribution in [2.24, 2.45) is 5.41 Å². The van der Waals surface area contributed by atoms with Crippen LogP contribution in [0.5, 0.6) is 11.5 Å². The minimum Gasteiger partial charge on any atom is -0.493 e. The van der Waals surface area contributed by atoms with Crippen molar-refractivity contribution in [3.05, 3.63) is 82.7 Å². The molecular formula is C35H38O6S2. The number of ether oxygens (including phenoxy) is 3. The highest BCUT2D eigenvalue weighted by molar-refractivity contribution is 8.25. The fourth-order valence-electron chi connectivity index (χ4n) is 5.59. The smallest absolute Gasteiger partial charge is 0.307 e. The van der Waals surface area contributed by atoms with Crippen LogP contribution in [-0.4, -0.2) is 39.8 Å². The number of carbonyl (C=O) groups excluding carboxylic acids is 1. The zero-order chi connectivity index (χ0) is 30.6. The van der Waals surface area contributed by atoms with Crippen LogP contribution < -0.4 is 9.47 Å². The van der Waals surface area contributed by atoms with E-state index in [0.717, 1.165) is 33.8 Å². The second-order valence-corrected chi connectivity index (χ2v) is 14.6.